The van der Waals surface area contributed by atoms with Crippen LogP contribution in [-0.4, -0.2) is 13.1 Å². The Morgan fingerprint density at radius 3 is 1.04 bits per heavy atom. The molecule has 6 aromatic carbocycles. The third kappa shape index (κ3) is 9.19. The lowest BCUT2D eigenvalue weighted by molar-refractivity contribution is 0.349. The van der Waals surface area contributed by atoms with E-state index in [2.05, 4.69) is 124 Å². The average molecular weight is 925 g/mol. The molecule has 0 bridgehead atoms. The Balaban J connectivity index is 1.18. The van der Waals surface area contributed by atoms with E-state index in [4.69, 9.17) is 0 Å². The maximum atomic E-state index is 10.3. The smallest absolute Gasteiger partial charge is 0.136 e. The molecule has 0 heterocycles. The van der Waals surface area contributed by atoms with Gasteiger partial charge >= 0.3 is 0 Å². The molecule has 0 radical (unpaired) electrons. The van der Waals surface area contributed by atoms with E-state index in [9.17, 15) is 31.6 Å². The quantitative estimate of drug-likeness (QED) is 0.118. The van der Waals surface area contributed by atoms with Crippen molar-refractivity contribution in [2.75, 3.05) is 22.9 Å². The van der Waals surface area contributed by atoms with Crippen molar-refractivity contribution in [2.45, 2.75) is 96.3 Å². The molecule has 0 fully saturated rings. The van der Waals surface area contributed by atoms with Crippen LogP contribution in [0, 0.1) is 68.0 Å². The van der Waals surface area contributed by atoms with Crippen LogP contribution in [0.4, 0.5) is 22.7 Å². The Bertz CT molecular complexity index is 3270. The van der Waals surface area contributed by atoms with Crippen molar-refractivity contribution in [1.29, 1.82) is 31.6 Å². The van der Waals surface area contributed by atoms with Crippen LogP contribution in [0.25, 0.3) is 22.3 Å². The maximum Gasteiger partial charge on any atom is 0.136 e. The van der Waals surface area contributed by atoms with Crippen LogP contribution in [0.15, 0.2) is 133 Å². The number of nitrogens with zero attached hydrogens (tertiary/aromatic N) is 8. The zero-order valence-electron chi connectivity index (χ0n) is 41.4. The fourth-order valence-corrected chi connectivity index (χ4v) is 11.2. The minimum atomic E-state index is -0.222. The summed E-state index contributed by atoms with van der Waals surface area (Å²) >= 11 is 0. The van der Waals surface area contributed by atoms with Gasteiger partial charge in [-0.25, -0.2) is 0 Å². The van der Waals surface area contributed by atoms with E-state index in [1.54, 1.807) is 48.5 Å². The highest BCUT2D eigenvalue weighted by atomic mass is 15.1. The minimum Gasteiger partial charge on any atom is -0.341 e. The fourth-order valence-electron chi connectivity index (χ4n) is 11.2. The van der Waals surface area contributed by atoms with Crippen molar-refractivity contribution in [3.8, 4) is 36.4 Å². The number of unbranched alkanes of at least 4 members (excludes halogenated alkanes) is 2. The molecule has 0 atom stereocenters. The van der Waals surface area contributed by atoms with E-state index in [1.165, 1.54) is 22.3 Å². The second kappa shape index (κ2) is 20.1. The molecule has 8 nitrogen and oxygen atoms in total. The Morgan fingerprint density at radius 2 is 0.732 bits per heavy atom. The van der Waals surface area contributed by atoms with Crippen molar-refractivity contribution < 1.29 is 0 Å². The zero-order valence-corrected chi connectivity index (χ0v) is 41.4. The largest absolute Gasteiger partial charge is 0.341 e. The number of anilines is 4. The van der Waals surface area contributed by atoms with E-state index in [1.807, 2.05) is 48.5 Å². The van der Waals surface area contributed by atoms with Gasteiger partial charge in [-0.1, -0.05) is 139 Å². The predicted molar refractivity (Wildman–Crippen MR) is 283 cm³/mol. The third-order valence-electron chi connectivity index (χ3n) is 14.6. The van der Waals surface area contributed by atoms with Gasteiger partial charge in [0.1, 0.15) is 47.6 Å². The van der Waals surface area contributed by atoms with Gasteiger partial charge in [0, 0.05) is 51.7 Å². The molecule has 8 rings (SSSR count). The van der Waals surface area contributed by atoms with Crippen molar-refractivity contribution in [1.82, 2.24) is 0 Å². The molecule has 0 aliphatic heterocycles. The summed E-state index contributed by atoms with van der Waals surface area (Å²) < 4.78 is 0. The van der Waals surface area contributed by atoms with Crippen LogP contribution in [0.2, 0.25) is 0 Å². The molecule has 0 aromatic heterocycles. The molecule has 0 N–H and O–H groups in total. The maximum absolute atomic E-state index is 10.3. The summed E-state index contributed by atoms with van der Waals surface area (Å²) in [4.78, 5) is 4.84. The molecule has 2 aliphatic rings. The summed E-state index contributed by atoms with van der Waals surface area (Å²) in [5.41, 5.74) is 12.3. The van der Waals surface area contributed by atoms with Gasteiger partial charge in [0.2, 0.25) is 0 Å². The second-order valence-electron chi connectivity index (χ2n) is 20.1. The monoisotopic (exact) mass is 924 g/mol. The Hall–Kier alpha value is -8.66. The number of nitriles is 6. The summed E-state index contributed by atoms with van der Waals surface area (Å²) in [5, 5.41) is 60.5. The second-order valence-corrected chi connectivity index (χ2v) is 20.1. The van der Waals surface area contributed by atoms with Crippen LogP contribution in [0.3, 0.4) is 0 Å². The van der Waals surface area contributed by atoms with Gasteiger partial charge in [-0.15, -0.1) is 0 Å². The first-order chi connectivity index (χ1) is 34.3. The van der Waals surface area contributed by atoms with E-state index in [-0.39, 0.29) is 27.4 Å². The summed E-state index contributed by atoms with van der Waals surface area (Å²) in [6.07, 6.45) is 6.07. The highest BCUT2D eigenvalue weighted by Crippen LogP contribution is 2.63. The van der Waals surface area contributed by atoms with Gasteiger partial charge in [-0.2, -0.15) is 31.6 Å². The lowest BCUT2D eigenvalue weighted by Gasteiger charge is -2.32. The molecular formula is C63H56N8. The first kappa shape index (κ1) is 48.8. The number of benzene rings is 6. The predicted octanol–water partition coefficient (Wildman–Crippen LogP) is 11.1. The van der Waals surface area contributed by atoms with E-state index in [0.29, 0.717) is 21.6 Å². The van der Waals surface area contributed by atoms with Gasteiger partial charge < -0.3 is 9.80 Å². The number of fused-ring (bicyclic) bond motifs is 4. The van der Waals surface area contributed by atoms with E-state index in [0.717, 1.165) is 95.9 Å². The summed E-state index contributed by atoms with van der Waals surface area (Å²) in [7, 11) is 0. The van der Waals surface area contributed by atoms with E-state index >= 15 is 0 Å². The molecule has 0 saturated heterocycles. The van der Waals surface area contributed by atoms with Gasteiger partial charge in [-0.05, 0) is 129 Å². The summed E-state index contributed by atoms with van der Waals surface area (Å²) in [6.45, 7) is 15.7. The third-order valence-corrected chi connectivity index (χ3v) is 14.6. The Morgan fingerprint density at radius 1 is 0.408 bits per heavy atom. The van der Waals surface area contributed by atoms with Gasteiger partial charge in [-0.3, -0.25) is 0 Å². The molecule has 0 unspecified atom stereocenters. The van der Waals surface area contributed by atoms with Crippen LogP contribution in [0.1, 0.15) is 113 Å². The van der Waals surface area contributed by atoms with Crippen LogP contribution < -0.4 is 30.7 Å². The SMILES string of the molecule is CCCCN(c1ccc(C(C#N)=c2ccc(=C(C#N)C#N)cc2)cc1)c1ccc2c(c1)C1(CC2(C)C)CC(C)(C)c2ccc(N(CCCC)c3ccc(C(C#N)=c4ccc(=C(C#N)C#N)cc4)cc3)cc21. The van der Waals surface area contributed by atoms with Crippen molar-refractivity contribution in [2.24, 2.45) is 0 Å². The molecule has 0 saturated carbocycles. The first-order valence-corrected chi connectivity index (χ1v) is 24.5. The standard InChI is InChI=1S/C63H56N8/c1-7-9-31-70(51-23-19-47(20-24-51)55(39-68)45-15-11-43(12-16-45)49(35-64)36-65)53-27-29-57-59(33-53)63(41-61(57,3)4)42-62(5,6)58-30-28-54(34-60(58)63)71(32-10-8-2)52-25-21-48(22-26-52)56(40-69)46-17-13-44(14-18-46)50(37-66)38-67/h11-30,33-34H,7-10,31-32,41-42H2,1-6H3. The molecule has 71 heavy (non-hydrogen) atoms. The van der Waals surface area contributed by atoms with Crippen LogP contribution in [-0.2, 0) is 16.2 Å². The summed E-state index contributed by atoms with van der Waals surface area (Å²) in [5.74, 6) is 0. The van der Waals surface area contributed by atoms with Gasteiger partial charge in [0.25, 0.3) is 0 Å². The normalized spacial score (nSPS) is 14.0. The number of hydrogen-bond acceptors (Lipinski definition) is 8. The highest BCUT2D eigenvalue weighted by molar-refractivity contribution is 5.81. The molecule has 0 amide bonds. The summed E-state index contributed by atoms with van der Waals surface area (Å²) in [6, 6.07) is 57.3. The average Bonchev–Trinajstić information content (AvgIpc) is 3.75. The topological polar surface area (TPSA) is 149 Å². The Labute approximate surface area is 418 Å². The van der Waals surface area contributed by atoms with Crippen molar-refractivity contribution >= 4 is 45.0 Å². The lowest BCUT2D eigenvalue weighted by atomic mass is 9.72. The zero-order chi connectivity index (χ0) is 50.5. The Kier molecular flexibility index (Phi) is 13.8. The van der Waals surface area contributed by atoms with Gasteiger partial charge in [0.15, 0.2) is 0 Å². The number of rotatable bonds is 12. The van der Waals surface area contributed by atoms with Crippen LogP contribution in [0.5, 0.6) is 0 Å². The molecular weight excluding hydrogens is 869 g/mol. The number of hydrogen-bond donors (Lipinski definition) is 0. The van der Waals surface area contributed by atoms with Crippen molar-refractivity contribution in [3.63, 3.8) is 0 Å². The molecule has 348 valence electrons. The minimum absolute atomic E-state index is 0.0360. The van der Waals surface area contributed by atoms with Crippen molar-refractivity contribution in [3.05, 3.63) is 188 Å². The van der Waals surface area contributed by atoms with Gasteiger partial charge in [0.05, 0.1) is 11.1 Å². The molecule has 8 heteroatoms. The lowest BCUT2D eigenvalue weighted by Crippen LogP contribution is -2.27. The molecule has 2 aliphatic carbocycles. The fraction of sp³-hybridized carbons (Fsp3) is 0.270. The van der Waals surface area contributed by atoms with E-state index < -0.39 is 0 Å². The first-order valence-electron chi connectivity index (χ1n) is 24.5. The van der Waals surface area contributed by atoms with Crippen LogP contribution >= 0.6 is 0 Å². The molecule has 1 spiro atoms. The highest BCUT2D eigenvalue weighted by Gasteiger charge is 2.56. The molecule has 6 aromatic rings.